The molecule has 0 bridgehead atoms. The van der Waals surface area contributed by atoms with Gasteiger partial charge in [-0.3, -0.25) is 4.79 Å². The van der Waals surface area contributed by atoms with Gasteiger partial charge in [0.05, 0.1) is 26.1 Å². The normalized spacial score (nSPS) is 25.7. The quantitative estimate of drug-likeness (QED) is 0.428. The van der Waals surface area contributed by atoms with Crippen LogP contribution in [0.1, 0.15) is 18.9 Å². The number of thiazole rings is 1. The standard InChI is InChI=1S/C21H18N2O3S3/c1-21(29-20-22-14-9-5-6-10-15(14)27-20)18(23-16(24)11-17(23)28-21)19(25)26-12-13-7-3-2-4-8-13/h2-10,17-18H,11-12H2,1H3/t17-,18+,21+/m1/s1. The van der Waals surface area contributed by atoms with Crippen molar-refractivity contribution in [2.24, 2.45) is 0 Å². The summed E-state index contributed by atoms with van der Waals surface area (Å²) in [7, 11) is 0. The summed E-state index contributed by atoms with van der Waals surface area (Å²) in [6.45, 7) is 2.23. The SMILES string of the molecule is C[C@@]1(Sc2nc3ccccc3s2)S[C@@H]2CC(=O)N2[C@H]1C(=O)OCc1ccccc1. The van der Waals surface area contributed by atoms with Gasteiger partial charge in [-0.1, -0.05) is 54.2 Å². The molecule has 5 nitrogen and oxygen atoms in total. The highest BCUT2D eigenvalue weighted by molar-refractivity contribution is 8.19. The summed E-state index contributed by atoms with van der Waals surface area (Å²) in [5.74, 6) is -0.342. The van der Waals surface area contributed by atoms with Crippen LogP contribution in [0.15, 0.2) is 58.9 Å². The molecule has 8 heteroatoms. The van der Waals surface area contributed by atoms with E-state index in [0.717, 1.165) is 20.1 Å². The molecule has 148 valence electrons. The lowest BCUT2D eigenvalue weighted by Gasteiger charge is -2.37. The van der Waals surface area contributed by atoms with Crippen LogP contribution >= 0.6 is 34.9 Å². The van der Waals surface area contributed by atoms with Gasteiger partial charge < -0.3 is 9.64 Å². The van der Waals surface area contributed by atoms with E-state index in [1.807, 2.05) is 61.5 Å². The summed E-state index contributed by atoms with van der Waals surface area (Å²) in [5, 5.41) is 0.0312. The zero-order chi connectivity index (χ0) is 20.0. The molecule has 29 heavy (non-hydrogen) atoms. The third-order valence-electron chi connectivity index (χ3n) is 5.10. The van der Waals surface area contributed by atoms with E-state index in [2.05, 4.69) is 0 Å². The Kier molecular flexibility index (Phi) is 4.80. The third kappa shape index (κ3) is 3.43. The molecule has 5 rings (SSSR count). The fraction of sp³-hybridized carbons (Fsp3) is 0.286. The average molecular weight is 443 g/mol. The second-order valence-corrected chi connectivity index (χ2v) is 11.8. The average Bonchev–Trinajstić information content (AvgIpc) is 3.22. The fourth-order valence-corrected chi connectivity index (χ4v) is 8.52. The molecular weight excluding hydrogens is 424 g/mol. The van der Waals surface area contributed by atoms with Crippen LogP contribution < -0.4 is 0 Å². The summed E-state index contributed by atoms with van der Waals surface area (Å²) in [6, 6.07) is 17.0. The zero-order valence-corrected chi connectivity index (χ0v) is 18.1. The van der Waals surface area contributed by atoms with Crippen molar-refractivity contribution in [1.82, 2.24) is 9.88 Å². The predicted molar refractivity (Wildman–Crippen MR) is 117 cm³/mol. The van der Waals surface area contributed by atoms with Gasteiger partial charge in [-0.25, -0.2) is 9.78 Å². The largest absolute Gasteiger partial charge is 0.459 e. The van der Waals surface area contributed by atoms with Crippen molar-refractivity contribution in [1.29, 1.82) is 0 Å². The minimum Gasteiger partial charge on any atom is -0.459 e. The Morgan fingerprint density at radius 1 is 1.24 bits per heavy atom. The lowest BCUT2D eigenvalue weighted by atomic mass is 10.1. The monoisotopic (exact) mass is 442 g/mol. The van der Waals surface area contributed by atoms with Gasteiger partial charge in [0, 0.05) is 0 Å². The van der Waals surface area contributed by atoms with Crippen LogP contribution in [0.25, 0.3) is 10.2 Å². The molecule has 0 aliphatic carbocycles. The number of β-lactam (4-membered cyclic amide) rings is 1. The summed E-state index contributed by atoms with van der Waals surface area (Å²) in [5.41, 5.74) is 1.88. The number of ether oxygens (including phenoxy) is 1. The van der Waals surface area contributed by atoms with Crippen molar-refractivity contribution in [2.45, 2.75) is 39.8 Å². The highest BCUT2D eigenvalue weighted by Gasteiger charge is 2.62. The Labute approximate surface area is 180 Å². The Morgan fingerprint density at radius 3 is 2.76 bits per heavy atom. The number of benzene rings is 2. The van der Waals surface area contributed by atoms with E-state index in [1.54, 1.807) is 39.8 Å². The molecule has 2 aliphatic rings. The molecular formula is C21H18N2O3S3. The predicted octanol–water partition coefficient (Wildman–Crippen LogP) is 4.52. The molecule has 3 atom stereocenters. The molecule has 1 amide bonds. The van der Waals surface area contributed by atoms with Crippen molar-refractivity contribution >= 4 is 57.0 Å². The fourth-order valence-electron chi connectivity index (χ4n) is 3.68. The number of hydrogen-bond donors (Lipinski definition) is 0. The molecule has 0 saturated carbocycles. The molecule has 3 aromatic rings. The van der Waals surface area contributed by atoms with E-state index < -0.39 is 10.1 Å². The van der Waals surface area contributed by atoms with Gasteiger partial charge in [0.25, 0.3) is 0 Å². The summed E-state index contributed by atoms with van der Waals surface area (Å²) in [4.78, 5) is 31.7. The van der Waals surface area contributed by atoms with Gasteiger partial charge in [-0.2, -0.15) is 0 Å². The van der Waals surface area contributed by atoms with E-state index >= 15 is 0 Å². The maximum absolute atomic E-state index is 13.1. The smallest absolute Gasteiger partial charge is 0.331 e. The number of fused-ring (bicyclic) bond motifs is 2. The Balaban J connectivity index is 1.39. The van der Waals surface area contributed by atoms with E-state index in [-0.39, 0.29) is 23.9 Å². The number of aromatic nitrogens is 1. The zero-order valence-electron chi connectivity index (χ0n) is 15.6. The van der Waals surface area contributed by atoms with Gasteiger partial charge in [-0.15, -0.1) is 23.1 Å². The Hall–Kier alpha value is -2.03. The van der Waals surface area contributed by atoms with Crippen molar-refractivity contribution in [2.75, 3.05) is 0 Å². The lowest BCUT2D eigenvalue weighted by molar-refractivity contribution is -0.161. The molecule has 2 aliphatic heterocycles. The lowest BCUT2D eigenvalue weighted by Crippen LogP contribution is -2.57. The highest BCUT2D eigenvalue weighted by Crippen LogP contribution is 2.58. The number of esters is 1. The number of carbonyl (C=O) groups excluding carboxylic acids is 2. The van der Waals surface area contributed by atoms with E-state index in [1.165, 1.54) is 0 Å². The number of amides is 1. The summed E-state index contributed by atoms with van der Waals surface area (Å²) >= 11 is 4.84. The molecule has 0 radical (unpaired) electrons. The summed E-state index contributed by atoms with van der Waals surface area (Å²) in [6.07, 6.45) is 0.475. The molecule has 3 heterocycles. The van der Waals surface area contributed by atoms with E-state index in [0.29, 0.717) is 6.42 Å². The molecule has 0 unspecified atom stereocenters. The third-order valence-corrected chi connectivity index (χ3v) is 9.23. The first-order chi connectivity index (χ1) is 14.0. The van der Waals surface area contributed by atoms with Crippen molar-refractivity contribution in [3.8, 4) is 0 Å². The van der Waals surface area contributed by atoms with Gasteiger partial charge >= 0.3 is 5.97 Å². The number of rotatable bonds is 5. The first kappa shape index (κ1) is 19.0. The van der Waals surface area contributed by atoms with Crippen LogP contribution in [-0.2, 0) is 20.9 Å². The Bertz CT molecular complexity index is 1050. The first-order valence-electron chi connectivity index (χ1n) is 9.28. The maximum atomic E-state index is 13.1. The van der Waals surface area contributed by atoms with Crippen LogP contribution in [0.5, 0.6) is 0 Å². The molecule has 2 fully saturated rings. The van der Waals surface area contributed by atoms with Crippen molar-refractivity contribution in [3.63, 3.8) is 0 Å². The number of thioether (sulfide) groups is 2. The minimum absolute atomic E-state index is 0.0118. The van der Waals surface area contributed by atoms with Crippen LogP contribution in [-0.4, -0.2) is 37.3 Å². The van der Waals surface area contributed by atoms with Crippen molar-refractivity contribution < 1.29 is 14.3 Å². The van der Waals surface area contributed by atoms with Crippen LogP contribution in [0, 0.1) is 0 Å². The summed E-state index contributed by atoms with van der Waals surface area (Å²) < 4.78 is 7.10. The number of nitrogens with zero attached hydrogens (tertiary/aromatic N) is 2. The minimum atomic E-state index is -0.625. The van der Waals surface area contributed by atoms with Gasteiger partial charge in [0.2, 0.25) is 5.91 Å². The maximum Gasteiger partial charge on any atom is 0.331 e. The molecule has 2 saturated heterocycles. The molecule has 0 spiro atoms. The van der Waals surface area contributed by atoms with Crippen LogP contribution in [0.3, 0.4) is 0 Å². The van der Waals surface area contributed by atoms with E-state index in [9.17, 15) is 9.59 Å². The molecule has 1 aromatic heterocycles. The number of para-hydroxylation sites is 1. The first-order valence-corrected chi connectivity index (χ1v) is 11.8. The number of hydrogen-bond acceptors (Lipinski definition) is 7. The van der Waals surface area contributed by atoms with Crippen LogP contribution in [0.4, 0.5) is 0 Å². The topological polar surface area (TPSA) is 59.5 Å². The highest BCUT2D eigenvalue weighted by atomic mass is 32.2. The van der Waals surface area contributed by atoms with Gasteiger partial charge in [-0.05, 0) is 24.6 Å². The van der Waals surface area contributed by atoms with Gasteiger partial charge in [0.1, 0.15) is 6.61 Å². The molecule has 0 N–H and O–H groups in total. The van der Waals surface area contributed by atoms with Crippen molar-refractivity contribution in [3.05, 3.63) is 60.2 Å². The Morgan fingerprint density at radius 2 is 2.00 bits per heavy atom. The molecule has 2 aromatic carbocycles. The second-order valence-electron chi connectivity index (χ2n) is 7.14. The van der Waals surface area contributed by atoms with Crippen LogP contribution in [0.2, 0.25) is 0 Å². The second kappa shape index (κ2) is 7.34. The van der Waals surface area contributed by atoms with E-state index in [4.69, 9.17) is 9.72 Å². The van der Waals surface area contributed by atoms with Gasteiger partial charge in [0.15, 0.2) is 10.4 Å². The number of carbonyl (C=O) groups is 2.